The number of anilines is 1. The van der Waals surface area contributed by atoms with E-state index in [2.05, 4.69) is 10.6 Å². The molecule has 29 heavy (non-hydrogen) atoms. The molecule has 0 unspecified atom stereocenters. The van der Waals surface area contributed by atoms with E-state index >= 15 is 0 Å². The molecule has 3 rings (SSSR count). The summed E-state index contributed by atoms with van der Waals surface area (Å²) in [4.78, 5) is 36.0. The van der Waals surface area contributed by atoms with Gasteiger partial charge in [0.25, 0.3) is 11.8 Å². The minimum absolute atomic E-state index is 0.0723. The van der Waals surface area contributed by atoms with Gasteiger partial charge < -0.3 is 15.7 Å². The van der Waals surface area contributed by atoms with Crippen LogP contribution in [0.3, 0.4) is 0 Å². The number of halogens is 1. The third-order valence-corrected chi connectivity index (χ3v) is 5.28. The Kier molecular flexibility index (Phi) is 6.26. The van der Waals surface area contributed by atoms with E-state index < -0.39 is 17.7 Å². The Labute approximate surface area is 168 Å². The Hall–Kier alpha value is -3.22. The number of aryl methyl sites for hydroxylation is 1. The fraction of sp³-hybridized carbons (Fsp3) is 0.318. The van der Waals surface area contributed by atoms with E-state index in [4.69, 9.17) is 5.11 Å². The topological polar surface area (TPSA) is 95.5 Å². The van der Waals surface area contributed by atoms with Gasteiger partial charge in [-0.25, -0.2) is 4.39 Å². The first-order valence-corrected chi connectivity index (χ1v) is 9.55. The van der Waals surface area contributed by atoms with Gasteiger partial charge in [-0.2, -0.15) is 0 Å². The quantitative estimate of drug-likeness (QED) is 0.715. The second kappa shape index (κ2) is 8.86. The molecule has 2 aromatic rings. The summed E-state index contributed by atoms with van der Waals surface area (Å²) >= 11 is 0. The number of carboxylic acid groups (broad SMARTS) is 1. The van der Waals surface area contributed by atoms with E-state index in [9.17, 15) is 18.8 Å². The molecular formula is C22H23FN2O4. The van der Waals surface area contributed by atoms with Crippen molar-refractivity contribution in [1.29, 1.82) is 0 Å². The van der Waals surface area contributed by atoms with Gasteiger partial charge in [0.2, 0.25) is 0 Å². The molecule has 0 atom stereocenters. The highest BCUT2D eigenvalue weighted by Gasteiger charge is 2.27. The van der Waals surface area contributed by atoms with E-state index in [1.165, 1.54) is 18.2 Å². The number of carboxylic acids is 1. The van der Waals surface area contributed by atoms with E-state index in [0.29, 0.717) is 36.9 Å². The molecule has 2 aromatic carbocycles. The first-order valence-electron chi connectivity index (χ1n) is 9.55. The maximum atomic E-state index is 13.8. The lowest BCUT2D eigenvalue weighted by atomic mass is 9.86. The number of nitrogens with one attached hydrogen (secondary N) is 2. The minimum atomic E-state index is -0.788. The van der Waals surface area contributed by atoms with Crippen molar-refractivity contribution in [3.63, 3.8) is 0 Å². The molecule has 0 heterocycles. The third-order valence-electron chi connectivity index (χ3n) is 5.28. The van der Waals surface area contributed by atoms with Gasteiger partial charge in [-0.3, -0.25) is 14.4 Å². The highest BCUT2D eigenvalue weighted by molar-refractivity contribution is 6.05. The van der Waals surface area contributed by atoms with Crippen LogP contribution in [0.1, 0.15) is 52.0 Å². The zero-order chi connectivity index (χ0) is 21.0. The minimum Gasteiger partial charge on any atom is -0.481 e. The third kappa shape index (κ3) is 4.99. The van der Waals surface area contributed by atoms with Crippen molar-refractivity contribution in [3.05, 3.63) is 65.0 Å². The van der Waals surface area contributed by atoms with Crippen molar-refractivity contribution < 1.29 is 23.9 Å². The van der Waals surface area contributed by atoms with Gasteiger partial charge >= 0.3 is 5.97 Å². The van der Waals surface area contributed by atoms with Crippen LogP contribution in [0.2, 0.25) is 0 Å². The number of aliphatic carboxylic acids is 1. The van der Waals surface area contributed by atoms with Crippen LogP contribution in [-0.2, 0) is 4.79 Å². The van der Waals surface area contributed by atoms with Gasteiger partial charge in [-0.1, -0.05) is 18.2 Å². The monoisotopic (exact) mass is 398 g/mol. The smallest absolute Gasteiger partial charge is 0.306 e. The van der Waals surface area contributed by atoms with Crippen molar-refractivity contribution in [1.82, 2.24) is 5.32 Å². The average Bonchev–Trinajstić information content (AvgIpc) is 2.70. The van der Waals surface area contributed by atoms with Crippen LogP contribution < -0.4 is 10.6 Å². The highest BCUT2D eigenvalue weighted by atomic mass is 19.1. The number of amides is 2. The lowest BCUT2D eigenvalue weighted by molar-refractivity contribution is -0.142. The first kappa shape index (κ1) is 20.5. The summed E-state index contributed by atoms with van der Waals surface area (Å²) in [5.41, 5.74) is 1.48. The summed E-state index contributed by atoms with van der Waals surface area (Å²) in [6.07, 6.45) is 2.31. The van der Waals surface area contributed by atoms with Crippen molar-refractivity contribution >= 4 is 23.5 Å². The van der Waals surface area contributed by atoms with E-state index in [-0.39, 0.29) is 23.4 Å². The van der Waals surface area contributed by atoms with Crippen LogP contribution in [0.15, 0.2) is 42.5 Å². The Morgan fingerprint density at radius 2 is 1.69 bits per heavy atom. The SMILES string of the molecule is Cc1ccc(C(=O)NC2CCC(C(=O)O)CC2)cc1NC(=O)c1ccccc1F. The molecule has 1 aliphatic rings. The van der Waals surface area contributed by atoms with Crippen LogP contribution in [0, 0.1) is 18.7 Å². The Morgan fingerprint density at radius 3 is 2.34 bits per heavy atom. The highest BCUT2D eigenvalue weighted by Crippen LogP contribution is 2.25. The summed E-state index contributed by atoms with van der Waals surface area (Å²) in [7, 11) is 0. The second-order valence-electron chi connectivity index (χ2n) is 7.32. The molecular weight excluding hydrogens is 375 g/mol. The van der Waals surface area contributed by atoms with E-state index in [1.807, 2.05) is 0 Å². The molecule has 0 radical (unpaired) electrons. The van der Waals surface area contributed by atoms with Gasteiger partial charge in [-0.15, -0.1) is 0 Å². The molecule has 2 amide bonds. The summed E-state index contributed by atoms with van der Waals surface area (Å²) in [5.74, 6) is -2.62. The lowest BCUT2D eigenvalue weighted by Crippen LogP contribution is -2.38. The normalized spacial score (nSPS) is 18.7. The standard InChI is InChI=1S/C22H23FN2O4/c1-13-6-7-15(20(26)24-16-10-8-14(9-11-16)22(28)29)12-19(13)25-21(27)17-4-2-3-5-18(17)23/h2-7,12,14,16H,8-11H2,1H3,(H,24,26)(H,25,27)(H,28,29). The van der Waals surface area contributed by atoms with Gasteiger partial charge in [0, 0.05) is 17.3 Å². The van der Waals surface area contributed by atoms with E-state index in [1.54, 1.807) is 31.2 Å². The second-order valence-corrected chi connectivity index (χ2v) is 7.32. The molecule has 7 heteroatoms. The number of hydrogen-bond donors (Lipinski definition) is 3. The fourth-order valence-corrected chi connectivity index (χ4v) is 3.49. The van der Waals surface area contributed by atoms with Crippen molar-refractivity contribution in [2.75, 3.05) is 5.32 Å². The predicted molar refractivity (Wildman–Crippen MR) is 106 cm³/mol. The molecule has 0 spiro atoms. The van der Waals surface area contributed by atoms with Gasteiger partial charge in [0.15, 0.2) is 0 Å². The number of hydrogen-bond acceptors (Lipinski definition) is 3. The Morgan fingerprint density at radius 1 is 1.00 bits per heavy atom. The maximum Gasteiger partial charge on any atom is 0.306 e. The van der Waals surface area contributed by atoms with Crippen molar-refractivity contribution in [2.24, 2.45) is 5.92 Å². The van der Waals surface area contributed by atoms with Crippen LogP contribution in [0.25, 0.3) is 0 Å². The summed E-state index contributed by atoms with van der Waals surface area (Å²) in [5, 5.41) is 14.7. The van der Waals surface area contributed by atoms with Gasteiger partial charge in [0.1, 0.15) is 5.82 Å². The van der Waals surface area contributed by atoms with Crippen LogP contribution in [0.4, 0.5) is 10.1 Å². The Balaban J connectivity index is 1.67. The molecule has 0 saturated heterocycles. The fourth-order valence-electron chi connectivity index (χ4n) is 3.49. The summed E-state index contributed by atoms with van der Waals surface area (Å²) in [6.45, 7) is 1.78. The van der Waals surface area contributed by atoms with Gasteiger partial charge in [0.05, 0.1) is 11.5 Å². The summed E-state index contributed by atoms with van der Waals surface area (Å²) in [6, 6.07) is 10.6. The zero-order valence-corrected chi connectivity index (χ0v) is 16.1. The Bertz CT molecular complexity index is 936. The lowest BCUT2D eigenvalue weighted by Gasteiger charge is -2.26. The molecule has 0 aliphatic heterocycles. The molecule has 1 saturated carbocycles. The molecule has 3 N–H and O–H groups in total. The molecule has 0 bridgehead atoms. The molecule has 0 aromatic heterocycles. The average molecular weight is 398 g/mol. The molecule has 6 nitrogen and oxygen atoms in total. The number of carbonyl (C=O) groups excluding carboxylic acids is 2. The summed E-state index contributed by atoms with van der Waals surface area (Å²) < 4.78 is 13.8. The van der Waals surface area contributed by atoms with Crippen LogP contribution >= 0.6 is 0 Å². The van der Waals surface area contributed by atoms with Gasteiger partial charge in [-0.05, 0) is 62.4 Å². The number of rotatable bonds is 5. The largest absolute Gasteiger partial charge is 0.481 e. The maximum absolute atomic E-state index is 13.8. The van der Waals surface area contributed by atoms with Crippen molar-refractivity contribution in [2.45, 2.75) is 38.6 Å². The van der Waals surface area contributed by atoms with Crippen LogP contribution in [0.5, 0.6) is 0 Å². The van der Waals surface area contributed by atoms with Crippen LogP contribution in [-0.4, -0.2) is 28.9 Å². The first-order chi connectivity index (χ1) is 13.8. The van der Waals surface area contributed by atoms with Crippen molar-refractivity contribution in [3.8, 4) is 0 Å². The van der Waals surface area contributed by atoms with E-state index in [0.717, 1.165) is 5.56 Å². The number of benzene rings is 2. The molecule has 1 aliphatic carbocycles. The predicted octanol–water partition coefficient (Wildman–Crippen LogP) is 3.76. The zero-order valence-electron chi connectivity index (χ0n) is 16.1. The molecule has 152 valence electrons. The molecule has 1 fully saturated rings. The number of carbonyl (C=O) groups is 3.